The summed E-state index contributed by atoms with van der Waals surface area (Å²) >= 11 is 0. The second-order valence-corrected chi connectivity index (χ2v) is 6.26. The smallest absolute Gasteiger partial charge is 0.237 e. The number of Topliss-reactive ketones (excluding diaryl/α,β-unsaturated/α-hetero) is 1. The van der Waals surface area contributed by atoms with E-state index in [0.717, 1.165) is 32.5 Å². The van der Waals surface area contributed by atoms with E-state index in [0.29, 0.717) is 6.42 Å². The lowest BCUT2D eigenvalue weighted by molar-refractivity contribution is -0.129. The molecule has 5 heteroatoms. The fraction of sp³-hybridized carbons (Fsp3) is 0.905. The minimum atomic E-state index is -0.373. The van der Waals surface area contributed by atoms with Crippen LogP contribution in [0.15, 0.2) is 0 Å². The van der Waals surface area contributed by atoms with Crippen LogP contribution < -0.4 is 10.6 Å². The predicted octanol–water partition coefficient (Wildman–Crippen LogP) is 3.87. The molecular weight excluding hydrogens is 326 g/mol. The largest absolute Gasteiger partial charge is 0.345 e. The van der Waals surface area contributed by atoms with Gasteiger partial charge in [0, 0.05) is 0 Å². The summed E-state index contributed by atoms with van der Waals surface area (Å²) in [4.78, 5) is 26.4. The van der Waals surface area contributed by atoms with Gasteiger partial charge >= 0.3 is 0 Å². The van der Waals surface area contributed by atoms with Gasteiger partial charge in [0.15, 0.2) is 5.78 Å². The van der Waals surface area contributed by atoms with Gasteiger partial charge in [-0.25, -0.2) is 0 Å². The highest BCUT2D eigenvalue weighted by atomic mass is 16.2. The van der Waals surface area contributed by atoms with Gasteiger partial charge in [0.2, 0.25) is 5.91 Å². The molecule has 0 aromatic carbocycles. The second kappa shape index (κ2) is 20.4. The van der Waals surface area contributed by atoms with Crippen molar-refractivity contribution in [1.82, 2.24) is 15.5 Å². The van der Waals surface area contributed by atoms with Crippen molar-refractivity contribution < 1.29 is 9.59 Å². The standard InChI is InChI=1S/C17H35N3O2.2C2H6/c1-7-11-20(8-2)12-9-10-15(14(5)21)19-17(22)16(18-6)13(3)4;2*1-2/h13,15-16,18H,7-12H2,1-6H3,(H,19,22);2*1-2H3. The average molecular weight is 374 g/mol. The lowest BCUT2D eigenvalue weighted by Gasteiger charge is -2.24. The van der Waals surface area contributed by atoms with Gasteiger partial charge in [-0.3, -0.25) is 9.59 Å². The van der Waals surface area contributed by atoms with E-state index in [-0.39, 0.29) is 29.7 Å². The predicted molar refractivity (Wildman–Crippen MR) is 115 cm³/mol. The molecule has 0 fully saturated rings. The summed E-state index contributed by atoms with van der Waals surface area (Å²) in [6, 6.07) is -0.628. The summed E-state index contributed by atoms with van der Waals surface area (Å²) in [7, 11) is 1.77. The molecule has 0 aromatic heterocycles. The lowest BCUT2D eigenvalue weighted by atomic mass is 10.0. The van der Waals surface area contributed by atoms with Gasteiger partial charge in [0.05, 0.1) is 12.1 Å². The minimum absolute atomic E-state index is 0.0329. The zero-order valence-electron chi connectivity index (χ0n) is 19.2. The van der Waals surface area contributed by atoms with Crippen LogP contribution in [0, 0.1) is 5.92 Å². The number of nitrogens with zero attached hydrogens (tertiary/aromatic N) is 1. The Bertz CT molecular complexity index is 333. The van der Waals surface area contributed by atoms with Crippen molar-refractivity contribution in [2.75, 3.05) is 26.7 Å². The Balaban J connectivity index is -0.00000123. The molecule has 0 saturated carbocycles. The van der Waals surface area contributed by atoms with E-state index in [2.05, 4.69) is 29.4 Å². The molecule has 26 heavy (non-hydrogen) atoms. The molecule has 0 bridgehead atoms. The fourth-order valence-electron chi connectivity index (χ4n) is 2.67. The van der Waals surface area contributed by atoms with Gasteiger partial charge < -0.3 is 15.5 Å². The van der Waals surface area contributed by atoms with E-state index >= 15 is 0 Å². The highest BCUT2D eigenvalue weighted by Crippen LogP contribution is 2.06. The minimum Gasteiger partial charge on any atom is -0.345 e. The number of nitrogens with one attached hydrogen (secondary N) is 2. The summed E-state index contributed by atoms with van der Waals surface area (Å²) in [6.07, 6.45) is 2.76. The number of hydrogen-bond acceptors (Lipinski definition) is 4. The summed E-state index contributed by atoms with van der Waals surface area (Å²) < 4.78 is 0. The van der Waals surface area contributed by atoms with Crippen molar-refractivity contribution >= 4 is 11.7 Å². The molecule has 2 N–H and O–H groups in total. The quantitative estimate of drug-likeness (QED) is 0.545. The third-order valence-electron chi connectivity index (χ3n) is 4.02. The van der Waals surface area contributed by atoms with Crippen LogP contribution >= 0.6 is 0 Å². The summed E-state index contributed by atoms with van der Waals surface area (Å²) in [5.74, 6) is 0.141. The average Bonchev–Trinajstić information content (AvgIpc) is 2.63. The summed E-state index contributed by atoms with van der Waals surface area (Å²) in [6.45, 7) is 21.0. The van der Waals surface area contributed by atoms with Crippen LogP contribution in [0.5, 0.6) is 0 Å². The van der Waals surface area contributed by atoms with Crippen LogP contribution in [0.1, 0.15) is 81.6 Å². The van der Waals surface area contributed by atoms with E-state index in [4.69, 9.17) is 0 Å². The number of amides is 1. The Morgan fingerprint density at radius 1 is 1.00 bits per heavy atom. The number of ketones is 1. The monoisotopic (exact) mass is 373 g/mol. The number of hydrogen-bond donors (Lipinski definition) is 2. The molecule has 0 aromatic rings. The van der Waals surface area contributed by atoms with E-state index < -0.39 is 0 Å². The first-order chi connectivity index (χ1) is 12.4. The molecule has 0 aliphatic heterocycles. The van der Waals surface area contributed by atoms with E-state index in [1.807, 2.05) is 41.5 Å². The maximum absolute atomic E-state index is 12.3. The van der Waals surface area contributed by atoms with Gasteiger partial charge in [-0.1, -0.05) is 55.4 Å². The van der Waals surface area contributed by atoms with Crippen LogP contribution in [-0.4, -0.2) is 55.4 Å². The van der Waals surface area contributed by atoms with Crippen molar-refractivity contribution in [3.63, 3.8) is 0 Å². The molecule has 5 nitrogen and oxygen atoms in total. The molecule has 0 heterocycles. The molecule has 0 spiro atoms. The first-order valence-electron chi connectivity index (χ1n) is 10.6. The Hall–Kier alpha value is -0.940. The third-order valence-corrected chi connectivity index (χ3v) is 4.02. The van der Waals surface area contributed by atoms with Gasteiger partial charge in [-0.2, -0.15) is 0 Å². The van der Waals surface area contributed by atoms with E-state index in [1.165, 1.54) is 0 Å². The summed E-state index contributed by atoms with van der Waals surface area (Å²) in [5.41, 5.74) is 0. The Labute approximate surface area is 163 Å². The van der Waals surface area contributed by atoms with Crippen LogP contribution in [0.25, 0.3) is 0 Å². The number of carbonyl (C=O) groups excluding carboxylic acids is 2. The van der Waals surface area contributed by atoms with Crippen LogP contribution in [0.3, 0.4) is 0 Å². The first-order valence-corrected chi connectivity index (χ1v) is 10.6. The van der Waals surface area contributed by atoms with Gasteiger partial charge in [0.25, 0.3) is 0 Å². The van der Waals surface area contributed by atoms with Crippen molar-refractivity contribution in [3.8, 4) is 0 Å². The molecule has 0 aliphatic carbocycles. The molecule has 0 rings (SSSR count). The van der Waals surface area contributed by atoms with Crippen LogP contribution in [-0.2, 0) is 9.59 Å². The molecule has 158 valence electrons. The SMILES string of the molecule is CC.CC.CCCN(CC)CCCC(NC(=O)C(NC)C(C)C)C(C)=O. The van der Waals surface area contributed by atoms with Crippen LogP contribution in [0.4, 0.5) is 0 Å². The maximum Gasteiger partial charge on any atom is 0.237 e. The Morgan fingerprint density at radius 3 is 1.88 bits per heavy atom. The third kappa shape index (κ3) is 14.3. The van der Waals surface area contributed by atoms with Crippen molar-refractivity contribution in [2.24, 2.45) is 5.92 Å². The number of carbonyl (C=O) groups is 2. The van der Waals surface area contributed by atoms with Gasteiger partial charge in [0.1, 0.15) is 0 Å². The normalized spacial score (nSPS) is 12.5. The van der Waals surface area contributed by atoms with E-state index in [1.54, 1.807) is 14.0 Å². The Kier molecular flexibility index (Phi) is 23.4. The zero-order valence-corrected chi connectivity index (χ0v) is 19.2. The lowest BCUT2D eigenvalue weighted by Crippen LogP contribution is -2.51. The van der Waals surface area contributed by atoms with Crippen molar-refractivity contribution in [2.45, 2.75) is 93.7 Å². The molecule has 0 radical (unpaired) electrons. The van der Waals surface area contributed by atoms with Crippen molar-refractivity contribution in [3.05, 3.63) is 0 Å². The van der Waals surface area contributed by atoms with Gasteiger partial charge in [-0.15, -0.1) is 0 Å². The maximum atomic E-state index is 12.3. The van der Waals surface area contributed by atoms with Crippen LogP contribution in [0.2, 0.25) is 0 Å². The molecule has 1 amide bonds. The zero-order chi connectivity index (χ0) is 21.1. The topological polar surface area (TPSA) is 61.4 Å². The second-order valence-electron chi connectivity index (χ2n) is 6.26. The highest BCUT2D eigenvalue weighted by molar-refractivity contribution is 5.89. The molecular formula is C21H47N3O2. The molecule has 2 unspecified atom stereocenters. The van der Waals surface area contributed by atoms with Gasteiger partial charge in [-0.05, 0) is 58.8 Å². The first kappa shape index (κ1) is 29.8. The number of rotatable bonds is 12. The molecule has 0 saturated heterocycles. The number of likely N-dealkylation sites (N-methyl/N-ethyl adjacent to an activating group) is 1. The fourth-order valence-corrected chi connectivity index (χ4v) is 2.67. The highest BCUT2D eigenvalue weighted by Gasteiger charge is 2.24. The Morgan fingerprint density at radius 2 is 1.54 bits per heavy atom. The van der Waals surface area contributed by atoms with E-state index in [9.17, 15) is 9.59 Å². The molecule has 2 atom stereocenters. The van der Waals surface area contributed by atoms with Crippen molar-refractivity contribution in [1.29, 1.82) is 0 Å². The summed E-state index contributed by atoms with van der Waals surface area (Å²) in [5, 5.41) is 5.92. The molecule has 0 aliphatic rings.